The number of methoxy groups -OCH3 is 1. The van der Waals surface area contributed by atoms with Gasteiger partial charge < -0.3 is 9.64 Å². The van der Waals surface area contributed by atoms with E-state index in [4.69, 9.17) is 9.84 Å². The SMILES string of the molecule is COc1cccc(C)c1-n1cc2cnc(N3CC(S(=O)(=O)N(C)C)C3)cc2n1. The molecule has 8 nitrogen and oxygen atoms in total. The van der Waals surface area contributed by atoms with Gasteiger partial charge in [0.2, 0.25) is 10.0 Å². The van der Waals surface area contributed by atoms with E-state index in [0.29, 0.717) is 13.1 Å². The van der Waals surface area contributed by atoms with Crippen molar-refractivity contribution in [1.82, 2.24) is 19.1 Å². The molecule has 0 aliphatic carbocycles. The molecule has 2 aromatic heterocycles. The fourth-order valence-corrected chi connectivity index (χ4v) is 4.73. The molecule has 0 unspecified atom stereocenters. The van der Waals surface area contributed by atoms with Crippen LogP contribution in [0.4, 0.5) is 5.82 Å². The molecule has 4 rings (SSSR count). The lowest BCUT2D eigenvalue weighted by atomic mass is 10.2. The Labute approximate surface area is 164 Å². The van der Waals surface area contributed by atoms with Crippen LogP contribution in [0.15, 0.2) is 36.7 Å². The molecular weight excluding hydrogens is 378 g/mol. The van der Waals surface area contributed by atoms with Gasteiger partial charge in [-0.1, -0.05) is 12.1 Å². The molecule has 0 bridgehead atoms. The molecule has 0 atom stereocenters. The van der Waals surface area contributed by atoms with Gasteiger partial charge in [0, 0.05) is 51.0 Å². The van der Waals surface area contributed by atoms with Crippen molar-refractivity contribution in [2.24, 2.45) is 0 Å². The fourth-order valence-electron chi connectivity index (χ4n) is 3.40. The Morgan fingerprint density at radius 2 is 2.00 bits per heavy atom. The lowest BCUT2D eigenvalue weighted by molar-refractivity contribution is 0.411. The number of aromatic nitrogens is 3. The van der Waals surface area contributed by atoms with Crippen molar-refractivity contribution < 1.29 is 13.2 Å². The van der Waals surface area contributed by atoms with Gasteiger partial charge in [-0.3, -0.25) is 0 Å². The normalized spacial score (nSPS) is 15.2. The van der Waals surface area contributed by atoms with Crippen molar-refractivity contribution in [3.05, 3.63) is 42.2 Å². The van der Waals surface area contributed by atoms with E-state index in [1.165, 1.54) is 4.31 Å². The number of hydrogen-bond donors (Lipinski definition) is 0. The Kier molecular flexibility index (Phi) is 4.51. The topological polar surface area (TPSA) is 80.6 Å². The van der Waals surface area contributed by atoms with Gasteiger partial charge in [-0.05, 0) is 18.6 Å². The highest BCUT2D eigenvalue weighted by atomic mass is 32.2. The van der Waals surface area contributed by atoms with Crippen molar-refractivity contribution in [3.63, 3.8) is 0 Å². The highest BCUT2D eigenvalue weighted by molar-refractivity contribution is 7.89. The quantitative estimate of drug-likeness (QED) is 0.649. The Bertz CT molecular complexity index is 1130. The predicted molar refractivity (Wildman–Crippen MR) is 109 cm³/mol. The van der Waals surface area contributed by atoms with E-state index in [1.807, 2.05) is 42.3 Å². The summed E-state index contributed by atoms with van der Waals surface area (Å²) in [6, 6.07) is 7.76. The number of sulfonamides is 1. The summed E-state index contributed by atoms with van der Waals surface area (Å²) in [5.41, 5.74) is 2.75. The third-order valence-corrected chi connectivity index (χ3v) is 7.28. The van der Waals surface area contributed by atoms with E-state index < -0.39 is 15.3 Å². The van der Waals surface area contributed by atoms with Crippen LogP contribution in [0.3, 0.4) is 0 Å². The van der Waals surface area contributed by atoms with Gasteiger partial charge in [0.05, 0.1) is 12.6 Å². The van der Waals surface area contributed by atoms with Gasteiger partial charge in [0.25, 0.3) is 0 Å². The zero-order valence-corrected chi connectivity index (χ0v) is 17.1. The van der Waals surface area contributed by atoms with Crippen LogP contribution in [0.2, 0.25) is 0 Å². The molecule has 3 aromatic rings. The van der Waals surface area contributed by atoms with Gasteiger partial charge in [-0.15, -0.1) is 0 Å². The van der Waals surface area contributed by atoms with Crippen LogP contribution in [0, 0.1) is 6.92 Å². The maximum Gasteiger partial charge on any atom is 0.219 e. The van der Waals surface area contributed by atoms with E-state index >= 15 is 0 Å². The summed E-state index contributed by atoms with van der Waals surface area (Å²) in [7, 11) is 1.53. The minimum absolute atomic E-state index is 0.395. The van der Waals surface area contributed by atoms with Gasteiger partial charge in [-0.2, -0.15) is 5.10 Å². The third kappa shape index (κ3) is 3.00. The molecule has 0 amide bonds. The van der Waals surface area contributed by atoms with E-state index in [9.17, 15) is 8.42 Å². The van der Waals surface area contributed by atoms with E-state index in [1.54, 1.807) is 32.1 Å². The first-order valence-electron chi connectivity index (χ1n) is 8.97. The van der Waals surface area contributed by atoms with Crippen molar-refractivity contribution in [3.8, 4) is 11.4 Å². The number of pyridine rings is 1. The fraction of sp³-hybridized carbons (Fsp3) is 0.368. The first-order chi connectivity index (χ1) is 13.3. The second-order valence-corrected chi connectivity index (χ2v) is 9.58. The molecule has 0 N–H and O–H groups in total. The molecule has 148 valence electrons. The Hall–Kier alpha value is -2.65. The second kappa shape index (κ2) is 6.75. The Morgan fingerprint density at radius 1 is 1.25 bits per heavy atom. The number of hydrogen-bond acceptors (Lipinski definition) is 6. The zero-order valence-electron chi connectivity index (χ0n) is 16.3. The van der Waals surface area contributed by atoms with Crippen LogP contribution in [-0.2, 0) is 10.0 Å². The van der Waals surface area contributed by atoms with Gasteiger partial charge in [0.1, 0.15) is 22.5 Å². The smallest absolute Gasteiger partial charge is 0.219 e. The molecule has 9 heteroatoms. The zero-order chi connectivity index (χ0) is 20.1. The highest BCUT2D eigenvalue weighted by Crippen LogP contribution is 2.29. The number of nitrogens with zero attached hydrogens (tertiary/aromatic N) is 5. The maximum atomic E-state index is 12.2. The van der Waals surface area contributed by atoms with Crippen molar-refractivity contribution in [2.75, 3.05) is 39.2 Å². The van der Waals surface area contributed by atoms with Crippen LogP contribution in [-0.4, -0.2) is 67.0 Å². The van der Waals surface area contributed by atoms with Crippen LogP contribution in [0.1, 0.15) is 5.56 Å². The number of fused-ring (bicyclic) bond motifs is 1. The summed E-state index contributed by atoms with van der Waals surface area (Å²) < 4.78 is 33.0. The molecule has 1 aromatic carbocycles. The van der Waals surface area contributed by atoms with Crippen LogP contribution >= 0.6 is 0 Å². The van der Waals surface area contributed by atoms with E-state index in [2.05, 4.69) is 4.98 Å². The molecule has 0 spiro atoms. The number of ether oxygens (including phenoxy) is 1. The van der Waals surface area contributed by atoms with Crippen LogP contribution < -0.4 is 9.64 Å². The average molecular weight is 401 g/mol. The standard InChI is InChI=1S/C19H23N5O3S/c1-13-6-5-7-17(27-4)19(13)24-10-14-9-20-18(8-16(14)21-24)23-11-15(12-23)28(25,26)22(2)3/h5-10,15H,11-12H2,1-4H3. The molecule has 1 fully saturated rings. The number of anilines is 1. The summed E-state index contributed by atoms with van der Waals surface area (Å²) in [6.07, 6.45) is 3.69. The number of para-hydroxylation sites is 1. The summed E-state index contributed by atoms with van der Waals surface area (Å²) >= 11 is 0. The first-order valence-corrected chi connectivity index (χ1v) is 10.5. The third-order valence-electron chi connectivity index (χ3n) is 5.13. The molecule has 3 heterocycles. The van der Waals surface area contributed by atoms with Gasteiger partial charge in [0.15, 0.2) is 0 Å². The van der Waals surface area contributed by atoms with Crippen molar-refractivity contribution in [2.45, 2.75) is 12.2 Å². The molecule has 0 saturated carbocycles. The molecule has 1 aliphatic rings. The molecular formula is C19H23N5O3S. The van der Waals surface area contributed by atoms with E-state index in [-0.39, 0.29) is 0 Å². The molecule has 1 saturated heterocycles. The monoisotopic (exact) mass is 401 g/mol. The lowest BCUT2D eigenvalue weighted by Crippen LogP contribution is -2.57. The van der Waals surface area contributed by atoms with E-state index in [0.717, 1.165) is 33.7 Å². The Balaban J connectivity index is 1.62. The highest BCUT2D eigenvalue weighted by Gasteiger charge is 2.39. The molecule has 1 aliphatic heterocycles. The number of rotatable bonds is 5. The number of benzene rings is 1. The predicted octanol–water partition coefficient (Wildman–Crippen LogP) is 1.82. The lowest BCUT2D eigenvalue weighted by Gasteiger charge is -2.40. The largest absolute Gasteiger partial charge is 0.494 e. The molecule has 28 heavy (non-hydrogen) atoms. The minimum atomic E-state index is -3.24. The van der Waals surface area contributed by atoms with Gasteiger partial charge >= 0.3 is 0 Å². The molecule has 0 radical (unpaired) electrons. The Morgan fingerprint density at radius 3 is 2.68 bits per heavy atom. The summed E-state index contributed by atoms with van der Waals surface area (Å²) in [5, 5.41) is 5.21. The van der Waals surface area contributed by atoms with Gasteiger partial charge in [-0.25, -0.2) is 22.4 Å². The minimum Gasteiger partial charge on any atom is -0.494 e. The average Bonchev–Trinajstić information content (AvgIpc) is 3.02. The summed E-state index contributed by atoms with van der Waals surface area (Å²) in [5.74, 6) is 1.49. The summed E-state index contributed by atoms with van der Waals surface area (Å²) in [4.78, 5) is 6.45. The first kappa shape index (κ1) is 18.7. The second-order valence-electron chi connectivity index (χ2n) is 7.16. The number of aryl methyl sites for hydroxylation is 1. The van der Waals surface area contributed by atoms with Crippen molar-refractivity contribution in [1.29, 1.82) is 0 Å². The summed E-state index contributed by atoms with van der Waals surface area (Å²) in [6.45, 7) is 2.88. The van der Waals surface area contributed by atoms with Crippen molar-refractivity contribution >= 4 is 26.7 Å². The maximum absolute atomic E-state index is 12.2. The van der Waals surface area contributed by atoms with Crippen LogP contribution in [0.25, 0.3) is 16.6 Å². The van der Waals surface area contributed by atoms with Crippen LogP contribution in [0.5, 0.6) is 5.75 Å².